The first-order chi connectivity index (χ1) is 9.99. The van der Waals surface area contributed by atoms with E-state index in [-0.39, 0.29) is 11.9 Å². The molecule has 0 aromatic heterocycles. The minimum Gasteiger partial charge on any atom is -0.358 e. The normalized spacial score (nSPS) is 11.8. The van der Waals surface area contributed by atoms with Crippen molar-refractivity contribution < 1.29 is 4.79 Å². The van der Waals surface area contributed by atoms with Gasteiger partial charge >= 0.3 is 0 Å². The molecule has 6 heteroatoms. The molecule has 1 aromatic rings. The Kier molecular flexibility index (Phi) is 8.29. The average Bonchev–Trinajstić information content (AvgIpc) is 2.46. The topological polar surface area (TPSA) is 32.3 Å². The third-order valence-corrected chi connectivity index (χ3v) is 5.34. The molecule has 0 heterocycles. The summed E-state index contributed by atoms with van der Waals surface area (Å²) in [5, 5.41) is 3.00. The zero-order valence-corrected chi connectivity index (χ0v) is 15.8. The van der Waals surface area contributed by atoms with Gasteiger partial charge in [-0.15, -0.1) is 0 Å². The van der Waals surface area contributed by atoms with Gasteiger partial charge in [-0.2, -0.15) is 0 Å². The van der Waals surface area contributed by atoms with E-state index >= 15 is 0 Å². The van der Waals surface area contributed by atoms with Crippen molar-refractivity contribution in [3.8, 4) is 0 Å². The molecule has 1 N–H and O–H groups in total. The third-order valence-electron chi connectivity index (χ3n) is 3.10. The summed E-state index contributed by atoms with van der Waals surface area (Å²) < 4.78 is 1.79. The van der Waals surface area contributed by atoms with Gasteiger partial charge < -0.3 is 10.2 Å². The van der Waals surface area contributed by atoms with Crippen molar-refractivity contribution in [2.45, 2.75) is 26.8 Å². The van der Waals surface area contributed by atoms with E-state index in [4.69, 9.17) is 12.2 Å². The summed E-state index contributed by atoms with van der Waals surface area (Å²) in [5.74, 6) is 0.349. The Morgan fingerprint density at radius 3 is 2.57 bits per heavy atom. The third kappa shape index (κ3) is 5.96. The number of hydrogen-bond acceptors (Lipinski definition) is 3. The van der Waals surface area contributed by atoms with Gasteiger partial charge in [-0.3, -0.25) is 4.79 Å². The van der Waals surface area contributed by atoms with Crippen LogP contribution in [-0.2, 0) is 4.79 Å². The predicted molar refractivity (Wildman–Crippen MR) is 98.7 cm³/mol. The van der Waals surface area contributed by atoms with Crippen LogP contribution in [0.4, 0.5) is 0 Å². The second kappa shape index (κ2) is 9.43. The maximum absolute atomic E-state index is 12.0. The average molecular weight is 389 g/mol. The van der Waals surface area contributed by atoms with E-state index in [1.165, 1.54) is 11.8 Å². The molecule has 21 heavy (non-hydrogen) atoms. The summed E-state index contributed by atoms with van der Waals surface area (Å²) in [6, 6.07) is 7.87. The summed E-state index contributed by atoms with van der Waals surface area (Å²) >= 11 is 10.2. The molecule has 3 nitrogen and oxygen atoms in total. The fourth-order valence-corrected chi connectivity index (χ4v) is 3.73. The number of carbonyl (C=O) groups is 1. The number of carbonyl (C=O) groups excluding carboxylic acids is 1. The maximum atomic E-state index is 12.0. The lowest BCUT2D eigenvalue weighted by atomic mass is 10.1. The van der Waals surface area contributed by atoms with Gasteiger partial charge in [0.25, 0.3) is 0 Å². The Morgan fingerprint density at radius 2 is 2.00 bits per heavy atom. The molecule has 1 rings (SSSR count). The van der Waals surface area contributed by atoms with E-state index in [9.17, 15) is 4.79 Å². The zero-order chi connectivity index (χ0) is 15.8. The first kappa shape index (κ1) is 18.5. The van der Waals surface area contributed by atoms with Gasteiger partial charge in [0.1, 0.15) is 4.32 Å². The molecule has 0 aliphatic heterocycles. The van der Waals surface area contributed by atoms with Crippen LogP contribution in [0, 0.1) is 0 Å². The second-order valence-corrected chi connectivity index (χ2v) is 7.00. The number of benzene rings is 1. The van der Waals surface area contributed by atoms with Crippen LogP contribution in [-0.4, -0.2) is 34.0 Å². The summed E-state index contributed by atoms with van der Waals surface area (Å²) in [6.07, 6.45) is 0. The van der Waals surface area contributed by atoms with Crippen molar-refractivity contribution in [1.29, 1.82) is 0 Å². The molecular weight excluding hydrogens is 368 g/mol. The first-order valence-electron chi connectivity index (χ1n) is 6.95. The van der Waals surface area contributed by atoms with Gasteiger partial charge in [0.15, 0.2) is 0 Å². The number of amides is 1. The highest BCUT2D eigenvalue weighted by molar-refractivity contribution is 9.10. The molecule has 0 unspecified atom stereocenters. The van der Waals surface area contributed by atoms with Crippen LogP contribution >= 0.6 is 39.9 Å². The summed E-state index contributed by atoms with van der Waals surface area (Å²) in [5.41, 5.74) is 1.07. The molecule has 0 spiro atoms. The number of hydrogen-bond donors (Lipinski definition) is 1. The lowest BCUT2D eigenvalue weighted by Gasteiger charge is -2.21. The molecule has 0 fully saturated rings. The van der Waals surface area contributed by atoms with Crippen LogP contribution in [0.1, 0.15) is 32.4 Å². The number of halogens is 1. The Balaban J connectivity index is 2.47. The highest BCUT2D eigenvalue weighted by atomic mass is 79.9. The Labute approximate surface area is 145 Å². The van der Waals surface area contributed by atoms with Crippen LogP contribution < -0.4 is 5.32 Å². The summed E-state index contributed by atoms with van der Waals surface area (Å²) in [7, 11) is 0. The number of nitrogens with one attached hydrogen (secondary N) is 1. The molecule has 0 saturated carbocycles. The number of rotatable bonds is 6. The van der Waals surface area contributed by atoms with Crippen molar-refractivity contribution in [2.75, 3.05) is 18.8 Å². The zero-order valence-electron chi connectivity index (χ0n) is 12.6. The number of nitrogens with zero attached hydrogens (tertiary/aromatic N) is 1. The molecule has 0 aliphatic rings. The van der Waals surface area contributed by atoms with Gasteiger partial charge in [-0.05, 0) is 32.4 Å². The molecule has 0 aliphatic carbocycles. The highest BCUT2D eigenvalue weighted by Crippen LogP contribution is 2.22. The lowest BCUT2D eigenvalue weighted by Crippen LogP contribution is -2.31. The van der Waals surface area contributed by atoms with Gasteiger partial charge in [0, 0.05) is 17.6 Å². The Morgan fingerprint density at radius 1 is 1.38 bits per heavy atom. The monoisotopic (exact) mass is 388 g/mol. The van der Waals surface area contributed by atoms with Crippen LogP contribution in [0.15, 0.2) is 28.7 Å². The SMILES string of the molecule is CCN(CC)C(=S)SCC(=O)N[C@H](C)c1ccccc1Br. The number of thiocarbonyl (C=S) groups is 1. The minimum absolute atomic E-state index is 0.00207. The highest BCUT2D eigenvalue weighted by Gasteiger charge is 2.14. The van der Waals surface area contributed by atoms with E-state index in [0.29, 0.717) is 5.75 Å². The molecule has 1 aromatic carbocycles. The van der Waals surface area contributed by atoms with Crippen molar-refractivity contribution >= 4 is 50.1 Å². The van der Waals surface area contributed by atoms with Gasteiger partial charge in [-0.1, -0.05) is 58.1 Å². The van der Waals surface area contributed by atoms with E-state index in [0.717, 1.165) is 27.4 Å². The van der Waals surface area contributed by atoms with Gasteiger partial charge in [0.2, 0.25) is 5.91 Å². The fourth-order valence-electron chi connectivity index (χ4n) is 1.89. The van der Waals surface area contributed by atoms with Crippen LogP contribution in [0.3, 0.4) is 0 Å². The minimum atomic E-state index is -0.0318. The molecule has 116 valence electrons. The van der Waals surface area contributed by atoms with E-state index in [1.807, 2.05) is 31.2 Å². The molecule has 0 bridgehead atoms. The van der Waals surface area contributed by atoms with E-state index in [2.05, 4.69) is 40.0 Å². The van der Waals surface area contributed by atoms with Crippen LogP contribution in [0.25, 0.3) is 0 Å². The van der Waals surface area contributed by atoms with Crippen LogP contribution in [0.2, 0.25) is 0 Å². The molecule has 0 saturated heterocycles. The van der Waals surface area contributed by atoms with E-state index < -0.39 is 0 Å². The standard InChI is InChI=1S/C15H21BrN2OS2/c1-4-18(5-2)15(20)21-10-14(19)17-11(3)12-8-6-7-9-13(12)16/h6-9,11H,4-5,10H2,1-3H3,(H,17,19)/t11-/m1/s1. The smallest absolute Gasteiger partial charge is 0.230 e. The lowest BCUT2D eigenvalue weighted by molar-refractivity contribution is -0.119. The number of thioether (sulfide) groups is 1. The largest absolute Gasteiger partial charge is 0.358 e. The van der Waals surface area contributed by atoms with E-state index in [1.54, 1.807) is 0 Å². The quantitative estimate of drug-likeness (QED) is 0.746. The Bertz CT molecular complexity index is 492. The molecule has 1 atom stereocenters. The second-order valence-electron chi connectivity index (χ2n) is 4.54. The first-order valence-corrected chi connectivity index (χ1v) is 9.13. The Hall–Kier alpha value is -0.590. The van der Waals surface area contributed by atoms with Crippen molar-refractivity contribution in [1.82, 2.24) is 10.2 Å². The van der Waals surface area contributed by atoms with Gasteiger partial charge in [-0.25, -0.2) is 0 Å². The fraction of sp³-hybridized carbons (Fsp3) is 0.467. The predicted octanol–water partition coefficient (Wildman–Crippen LogP) is 3.99. The van der Waals surface area contributed by atoms with Crippen molar-refractivity contribution in [2.24, 2.45) is 0 Å². The van der Waals surface area contributed by atoms with Crippen molar-refractivity contribution in [3.05, 3.63) is 34.3 Å². The maximum Gasteiger partial charge on any atom is 0.230 e. The molecular formula is C15H21BrN2OS2. The van der Waals surface area contributed by atoms with Crippen molar-refractivity contribution in [3.63, 3.8) is 0 Å². The summed E-state index contributed by atoms with van der Waals surface area (Å²) in [4.78, 5) is 14.1. The van der Waals surface area contributed by atoms with Crippen LogP contribution in [0.5, 0.6) is 0 Å². The summed E-state index contributed by atoms with van der Waals surface area (Å²) in [6.45, 7) is 7.84. The van der Waals surface area contributed by atoms with Gasteiger partial charge in [0.05, 0.1) is 11.8 Å². The molecule has 0 radical (unpaired) electrons. The molecule has 1 amide bonds.